The molecule has 10 nitrogen and oxygen atoms in total. The van der Waals surface area contributed by atoms with E-state index in [0.29, 0.717) is 11.3 Å². The quantitative estimate of drug-likeness (QED) is 0.353. The number of rotatable bonds is 7. The fourth-order valence-corrected chi connectivity index (χ4v) is 3.57. The van der Waals surface area contributed by atoms with Crippen molar-refractivity contribution in [2.75, 3.05) is 31.0 Å². The molecule has 0 atom stereocenters. The molecule has 37 heavy (non-hydrogen) atoms. The largest absolute Gasteiger partial charge is 0.443 e. The lowest BCUT2D eigenvalue weighted by Crippen LogP contribution is -2.35. The van der Waals surface area contributed by atoms with Crippen molar-refractivity contribution in [2.45, 2.75) is 26.4 Å². The molecule has 0 saturated carbocycles. The minimum absolute atomic E-state index is 0.134. The first-order valence-corrected chi connectivity index (χ1v) is 11.4. The highest BCUT2D eigenvalue weighted by molar-refractivity contribution is 6.02. The summed E-state index contributed by atoms with van der Waals surface area (Å²) in [4.78, 5) is 35.4. The number of ketones is 1. The lowest BCUT2D eigenvalue weighted by molar-refractivity contribution is 0.0587. The SMILES string of the molecule is COCC(=O)c1cnn2c(N(C)C(=O)OC(C)(C)C)cc(Nc3cccc(-c4ccccn4)c3F)nc12. The Balaban J connectivity index is 1.81. The standard InChI is InChI=1S/C26H27FN6O4/c1-26(2,3)37-25(35)32(4)22-13-21(31-24-17(14-29-33(22)24)20(34)15-36-5)30-19-11-8-9-16(23(19)27)18-10-6-7-12-28-18/h6-14H,15H2,1-5H3,(H,30,31). The summed E-state index contributed by atoms with van der Waals surface area (Å²) in [6.45, 7) is 5.07. The van der Waals surface area contributed by atoms with Gasteiger partial charge in [-0.15, -0.1) is 0 Å². The van der Waals surface area contributed by atoms with Gasteiger partial charge in [0.2, 0.25) is 0 Å². The minimum Gasteiger partial charge on any atom is -0.443 e. The Labute approximate surface area is 213 Å². The molecule has 0 radical (unpaired) electrons. The van der Waals surface area contributed by atoms with Crippen LogP contribution in [0.4, 0.5) is 26.5 Å². The molecule has 0 saturated heterocycles. The average molecular weight is 507 g/mol. The molecule has 3 aromatic heterocycles. The molecule has 11 heteroatoms. The van der Waals surface area contributed by atoms with Gasteiger partial charge in [-0.25, -0.2) is 14.2 Å². The molecule has 4 aromatic rings. The van der Waals surface area contributed by atoms with Crippen molar-refractivity contribution < 1.29 is 23.5 Å². The van der Waals surface area contributed by atoms with E-state index in [9.17, 15) is 9.59 Å². The highest BCUT2D eigenvalue weighted by Crippen LogP contribution is 2.30. The van der Waals surface area contributed by atoms with Gasteiger partial charge in [0, 0.05) is 32.0 Å². The molecule has 0 bridgehead atoms. The van der Waals surface area contributed by atoms with Crippen LogP contribution in [0.5, 0.6) is 0 Å². The van der Waals surface area contributed by atoms with Crippen molar-refractivity contribution in [1.82, 2.24) is 19.6 Å². The van der Waals surface area contributed by atoms with Crippen LogP contribution in [-0.4, -0.2) is 57.8 Å². The Kier molecular flexibility index (Phi) is 7.16. The number of nitrogens with one attached hydrogen (secondary N) is 1. The van der Waals surface area contributed by atoms with Crippen LogP contribution < -0.4 is 10.2 Å². The maximum atomic E-state index is 15.5. The fourth-order valence-electron chi connectivity index (χ4n) is 3.57. The van der Waals surface area contributed by atoms with Crippen LogP contribution in [-0.2, 0) is 9.47 Å². The number of aromatic nitrogens is 4. The molecule has 0 unspecified atom stereocenters. The van der Waals surface area contributed by atoms with Gasteiger partial charge in [-0.3, -0.25) is 14.7 Å². The zero-order valence-electron chi connectivity index (χ0n) is 21.2. The van der Waals surface area contributed by atoms with Gasteiger partial charge in [-0.05, 0) is 45.0 Å². The van der Waals surface area contributed by atoms with Gasteiger partial charge >= 0.3 is 6.09 Å². The van der Waals surface area contributed by atoms with E-state index in [1.807, 2.05) is 0 Å². The maximum Gasteiger partial charge on any atom is 0.415 e. The number of hydrogen-bond donors (Lipinski definition) is 1. The molecule has 1 amide bonds. The van der Waals surface area contributed by atoms with Gasteiger partial charge in [-0.1, -0.05) is 12.1 Å². The summed E-state index contributed by atoms with van der Waals surface area (Å²) in [5.74, 6) is -0.452. The first-order chi connectivity index (χ1) is 17.6. The summed E-state index contributed by atoms with van der Waals surface area (Å²) in [7, 11) is 2.91. The normalized spacial score (nSPS) is 11.4. The van der Waals surface area contributed by atoms with Crippen molar-refractivity contribution in [3.8, 4) is 11.3 Å². The molecule has 3 heterocycles. The lowest BCUT2D eigenvalue weighted by atomic mass is 10.1. The summed E-state index contributed by atoms with van der Waals surface area (Å²) in [6.07, 6.45) is 2.29. The zero-order chi connectivity index (χ0) is 26.7. The zero-order valence-corrected chi connectivity index (χ0v) is 21.2. The summed E-state index contributed by atoms with van der Waals surface area (Å²) in [5, 5.41) is 7.23. The van der Waals surface area contributed by atoms with Crippen molar-refractivity contribution in [1.29, 1.82) is 0 Å². The first kappa shape index (κ1) is 25.7. The average Bonchev–Trinajstić information content (AvgIpc) is 3.28. The number of Topliss-reactive ketones (excluding diaryl/α,β-unsaturated/α-hetero) is 1. The van der Waals surface area contributed by atoms with E-state index in [1.165, 1.54) is 35.8 Å². The first-order valence-electron chi connectivity index (χ1n) is 11.4. The lowest BCUT2D eigenvalue weighted by Gasteiger charge is -2.25. The van der Waals surface area contributed by atoms with Crippen molar-refractivity contribution in [2.24, 2.45) is 0 Å². The Bertz CT molecular complexity index is 1450. The van der Waals surface area contributed by atoms with Crippen molar-refractivity contribution in [3.05, 3.63) is 66.2 Å². The fraction of sp³-hybridized carbons (Fsp3) is 0.269. The predicted molar refractivity (Wildman–Crippen MR) is 137 cm³/mol. The van der Waals surface area contributed by atoms with Gasteiger partial charge < -0.3 is 14.8 Å². The summed E-state index contributed by atoms with van der Waals surface area (Å²) >= 11 is 0. The Morgan fingerprint density at radius 1 is 1.16 bits per heavy atom. The number of methoxy groups -OCH3 is 1. The smallest absolute Gasteiger partial charge is 0.415 e. The van der Waals surface area contributed by atoms with Crippen molar-refractivity contribution >= 4 is 34.8 Å². The number of ether oxygens (including phenoxy) is 2. The predicted octanol–water partition coefficient (Wildman–Crippen LogP) is 4.87. The number of pyridine rings is 1. The van der Waals surface area contributed by atoms with Crippen LogP contribution in [0.1, 0.15) is 31.1 Å². The Morgan fingerprint density at radius 3 is 2.62 bits per heavy atom. The van der Waals surface area contributed by atoms with Gasteiger partial charge in [0.15, 0.2) is 17.2 Å². The highest BCUT2D eigenvalue weighted by atomic mass is 19.1. The number of carbonyl (C=O) groups excluding carboxylic acids is 2. The molecule has 0 fully saturated rings. The van der Waals surface area contributed by atoms with Crippen LogP contribution >= 0.6 is 0 Å². The molecular formula is C26H27FN6O4. The van der Waals surface area contributed by atoms with Crippen LogP contribution in [0.2, 0.25) is 0 Å². The topological polar surface area (TPSA) is 111 Å². The van der Waals surface area contributed by atoms with Crippen LogP contribution in [0, 0.1) is 5.82 Å². The molecule has 192 valence electrons. The van der Waals surface area contributed by atoms with Gasteiger partial charge in [0.05, 0.1) is 23.1 Å². The number of benzene rings is 1. The number of halogens is 1. The number of carbonyl (C=O) groups is 2. The van der Waals surface area contributed by atoms with E-state index in [0.717, 1.165) is 0 Å². The van der Waals surface area contributed by atoms with Gasteiger partial charge in [0.25, 0.3) is 0 Å². The second-order valence-electron chi connectivity index (χ2n) is 9.20. The molecule has 0 aliphatic heterocycles. The van der Waals surface area contributed by atoms with Crippen LogP contribution in [0.15, 0.2) is 54.9 Å². The molecule has 0 spiro atoms. The van der Waals surface area contributed by atoms with Crippen LogP contribution in [0.25, 0.3) is 16.9 Å². The minimum atomic E-state index is -0.739. The van der Waals surface area contributed by atoms with Crippen LogP contribution in [0.3, 0.4) is 0 Å². The summed E-state index contributed by atoms with van der Waals surface area (Å²) < 4.78 is 27.3. The van der Waals surface area contributed by atoms with E-state index in [-0.39, 0.29) is 40.9 Å². The molecule has 0 aliphatic carbocycles. The molecule has 1 N–H and O–H groups in total. The third-order valence-electron chi connectivity index (χ3n) is 5.24. The molecular weight excluding hydrogens is 479 g/mol. The molecule has 0 aliphatic rings. The van der Waals surface area contributed by atoms with E-state index in [4.69, 9.17) is 9.47 Å². The molecule has 1 aromatic carbocycles. The highest BCUT2D eigenvalue weighted by Gasteiger charge is 2.25. The van der Waals surface area contributed by atoms with Crippen molar-refractivity contribution in [3.63, 3.8) is 0 Å². The maximum absolute atomic E-state index is 15.5. The second kappa shape index (κ2) is 10.3. The van der Waals surface area contributed by atoms with E-state index < -0.39 is 17.5 Å². The van der Waals surface area contributed by atoms with Gasteiger partial charge in [0.1, 0.15) is 23.8 Å². The summed E-state index contributed by atoms with van der Waals surface area (Å²) in [6, 6.07) is 11.6. The summed E-state index contributed by atoms with van der Waals surface area (Å²) in [5.41, 5.74) is 0.525. The third kappa shape index (κ3) is 5.56. The van der Waals surface area contributed by atoms with E-state index >= 15 is 4.39 Å². The molecule has 4 rings (SSSR count). The number of fused-ring (bicyclic) bond motifs is 1. The van der Waals surface area contributed by atoms with E-state index in [1.54, 1.807) is 63.4 Å². The number of amides is 1. The van der Waals surface area contributed by atoms with E-state index in [2.05, 4.69) is 20.4 Å². The Hall–Kier alpha value is -4.38. The van der Waals surface area contributed by atoms with Gasteiger partial charge in [-0.2, -0.15) is 9.61 Å². The number of nitrogens with zero attached hydrogens (tertiary/aromatic N) is 5. The third-order valence-corrected chi connectivity index (χ3v) is 5.24. The monoisotopic (exact) mass is 506 g/mol. The second-order valence-corrected chi connectivity index (χ2v) is 9.20. The Morgan fingerprint density at radius 2 is 1.95 bits per heavy atom. The number of anilines is 3. The number of hydrogen-bond acceptors (Lipinski definition) is 8.